The van der Waals surface area contributed by atoms with Gasteiger partial charge in [0, 0.05) is 38.5 Å². The Bertz CT molecular complexity index is 498. The largest absolute Gasteiger partial charge is 0.469 e. The molecule has 0 aromatic heterocycles. The lowest BCUT2D eigenvalue weighted by Crippen LogP contribution is -2.45. The van der Waals surface area contributed by atoms with Gasteiger partial charge in [0.2, 0.25) is 17.4 Å². The molecule has 0 unspecified atom stereocenters. The van der Waals surface area contributed by atoms with Crippen molar-refractivity contribution in [1.82, 2.24) is 0 Å². The highest BCUT2D eigenvalue weighted by Gasteiger charge is 2.51. The van der Waals surface area contributed by atoms with E-state index in [-0.39, 0.29) is 11.9 Å². The summed E-state index contributed by atoms with van der Waals surface area (Å²) in [5, 5.41) is 0. The Labute approximate surface area is 165 Å². The fourth-order valence-corrected chi connectivity index (χ4v) is 4.64. The number of hydrogen-bond donors (Lipinski definition) is 0. The molecule has 0 radical (unpaired) electrons. The fraction of sp³-hybridized carbons (Fsp3) is 0.950. The predicted octanol–water partition coefficient (Wildman–Crippen LogP) is 4.22. The van der Waals surface area contributed by atoms with Crippen LogP contribution in [0.15, 0.2) is 0 Å². The molecule has 1 saturated heterocycles. The molecule has 0 bridgehead atoms. The van der Waals surface area contributed by atoms with Crippen LogP contribution in [0.5, 0.6) is 0 Å². The van der Waals surface area contributed by atoms with Crippen molar-refractivity contribution >= 4 is 5.97 Å². The number of esters is 1. The van der Waals surface area contributed by atoms with Gasteiger partial charge in [-0.2, -0.15) is 29.3 Å². The van der Waals surface area contributed by atoms with Gasteiger partial charge in [0.25, 0.3) is 0 Å². The first-order valence-electron chi connectivity index (χ1n) is 10.8. The molecule has 3 aliphatic carbocycles. The maximum Gasteiger partial charge on any atom is 0.308 e. The molecule has 1 aliphatic heterocycles. The number of methoxy groups -OCH3 is 1. The van der Waals surface area contributed by atoms with Crippen LogP contribution in [0.3, 0.4) is 0 Å². The molecule has 8 nitrogen and oxygen atoms in total. The maximum atomic E-state index is 11.9. The van der Waals surface area contributed by atoms with Crippen LogP contribution in [0.25, 0.3) is 0 Å². The van der Waals surface area contributed by atoms with Crippen molar-refractivity contribution in [2.24, 2.45) is 5.92 Å². The monoisotopic (exact) mass is 400 g/mol. The molecule has 160 valence electrons. The molecular formula is C20H32O8. The standard InChI is InChI=1S/C20H32O8/c1-22-17(21)16-8-14-20(15-9-16)27-25-18(10-4-2-5-11-18)23-24-19(26-28-20)12-6-3-7-13-19/h16H,2-15H2,1H3. The van der Waals surface area contributed by atoms with E-state index in [2.05, 4.69) is 0 Å². The van der Waals surface area contributed by atoms with E-state index < -0.39 is 17.4 Å². The Morgan fingerprint density at radius 3 is 1.36 bits per heavy atom. The van der Waals surface area contributed by atoms with E-state index in [0.717, 1.165) is 38.5 Å². The fourth-order valence-electron chi connectivity index (χ4n) is 4.64. The lowest BCUT2D eigenvalue weighted by atomic mass is 9.85. The van der Waals surface area contributed by atoms with Crippen LogP contribution in [0, 0.1) is 5.92 Å². The predicted molar refractivity (Wildman–Crippen MR) is 94.8 cm³/mol. The minimum atomic E-state index is -1.07. The highest BCUT2D eigenvalue weighted by Crippen LogP contribution is 2.45. The minimum absolute atomic E-state index is 0.157. The third kappa shape index (κ3) is 4.37. The van der Waals surface area contributed by atoms with Gasteiger partial charge in [-0.1, -0.05) is 12.8 Å². The normalized spacial score (nSPS) is 35.8. The third-order valence-corrected chi connectivity index (χ3v) is 6.55. The third-order valence-electron chi connectivity index (χ3n) is 6.55. The maximum absolute atomic E-state index is 11.9. The lowest BCUT2D eigenvalue weighted by Gasteiger charge is -2.39. The smallest absolute Gasteiger partial charge is 0.308 e. The second kappa shape index (κ2) is 8.53. The summed E-state index contributed by atoms with van der Waals surface area (Å²) < 4.78 is 4.89. The molecule has 0 N–H and O–H groups in total. The van der Waals surface area contributed by atoms with Crippen molar-refractivity contribution in [3.05, 3.63) is 0 Å². The Hall–Kier alpha value is -0.770. The van der Waals surface area contributed by atoms with Gasteiger partial charge >= 0.3 is 5.97 Å². The van der Waals surface area contributed by atoms with Crippen molar-refractivity contribution in [1.29, 1.82) is 0 Å². The Kier molecular flexibility index (Phi) is 6.25. The van der Waals surface area contributed by atoms with Crippen LogP contribution in [0.1, 0.15) is 89.9 Å². The first-order valence-corrected chi connectivity index (χ1v) is 10.8. The van der Waals surface area contributed by atoms with Crippen LogP contribution in [-0.2, 0) is 38.9 Å². The van der Waals surface area contributed by atoms with E-state index in [1.807, 2.05) is 0 Å². The topological polar surface area (TPSA) is 81.7 Å². The van der Waals surface area contributed by atoms with Crippen LogP contribution in [0.2, 0.25) is 0 Å². The zero-order chi connectivity index (χ0) is 19.5. The van der Waals surface area contributed by atoms with Crippen LogP contribution in [-0.4, -0.2) is 30.4 Å². The number of carbonyl (C=O) groups excluding carboxylic acids is 1. The molecule has 1 heterocycles. The van der Waals surface area contributed by atoms with Gasteiger partial charge in [0.1, 0.15) is 0 Å². The molecule has 0 aromatic carbocycles. The van der Waals surface area contributed by atoms with Gasteiger partial charge in [-0.05, 0) is 38.5 Å². The van der Waals surface area contributed by atoms with Gasteiger partial charge in [0.05, 0.1) is 13.0 Å². The zero-order valence-electron chi connectivity index (χ0n) is 16.7. The number of ether oxygens (including phenoxy) is 1. The van der Waals surface area contributed by atoms with Crippen molar-refractivity contribution in [3.63, 3.8) is 0 Å². The van der Waals surface area contributed by atoms with Crippen molar-refractivity contribution in [3.8, 4) is 0 Å². The van der Waals surface area contributed by atoms with Crippen molar-refractivity contribution < 1.29 is 38.9 Å². The summed E-state index contributed by atoms with van der Waals surface area (Å²) in [6.45, 7) is 0. The summed E-state index contributed by atoms with van der Waals surface area (Å²) in [6.07, 6.45) is 11.1. The molecule has 4 fully saturated rings. The first-order chi connectivity index (χ1) is 13.6. The highest BCUT2D eigenvalue weighted by atomic mass is 17.4. The summed E-state index contributed by atoms with van der Waals surface area (Å²) >= 11 is 0. The summed E-state index contributed by atoms with van der Waals surface area (Å²) in [6, 6.07) is 0. The van der Waals surface area contributed by atoms with Crippen molar-refractivity contribution in [2.45, 2.75) is 107 Å². The van der Waals surface area contributed by atoms with Crippen LogP contribution in [0.4, 0.5) is 0 Å². The summed E-state index contributed by atoms with van der Waals surface area (Å²) in [5.41, 5.74) is 0. The highest BCUT2D eigenvalue weighted by molar-refractivity contribution is 5.72. The molecular weight excluding hydrogens is 368 g/mol. The van der Waals surface area contributed by atoms with E-state index in [1.165, 1.54) is 7.11 Å². The minimum Gasteiger partial charge on any atom is -0.469 e. The number of carbonyl (C=O) groups is 1. The lowest BCUT2D eigenvalue weighted by molar-refractivity contribution is -0.555. The average Bonchev–Trinajstić information content (AvgIpc) is 2.81. The summed E-state index contributed by atoms with van der Waals surface area (Å²) in [4.78, 5) is 47.1. The van der Waals surface area contributed by atoms with E-state index >= 15 is 0 Å². The Morgan fingerprint density at radius 1 is 0.643 bits per heavy atom. The van der Waals surface area contributed by atoms with Crippen LogP contribution >= 0.6 is 0 Å². The molecule has 3 spiro atoms. The number of hydrogen-bond acceptors (Lipinski definition) is 8. The van der Waals surface area contributed by atoms with Gasteiger partial charge in [0.15, 0.2) is 0 Å². The molecule has 3 saturated carbocycles. The molecule has 0 amide bonds. The number of rotatable bonds is 1. The average molecular weight is 400 g/mol. The Morgan fingerprint density at radius 2 is 1.00 bits per heavy atom. The molecule has 8 heteroatoms. The zero-order valence-corrected chi connectivity index (χ0v) is 16.7. The SMILES string of the molecule is COC(=O)C1CCC2(CC1)OOC1(CCCCC1)OOC1(CCCCC1)OO2. The second-order valence-corrected chi connectivity index (χ2v) is 8.65. The van der Waals surface area contributed by atoms with Gasteiger partial charge in [-0.15, -0.1) is 0 Å². The van der Waals surface area contributed by atoms with Crippen molar-refractivity contribution in [2.75, 3.05) is 7.11 Å². The van der Waals surface area contributed by atoms with Gasteiger partial charge < -0.3 is 4.74 Å². The van der Waals surface area contributed by atoms with E-state index in [0.29, 0.717) is 51.4 Å². The molecule has 4 rings (SSSR count). The van der Waals surface area contributed by atoms with E-state index in [1.54, 1.807) is 0 Å². The molecule has 4 aliphatic rings. The molecule has 28 heavy (non-hydrogen) atoms. The quantitative estimate of drug-likeness (QED) is 0.478. The van der Waals surface area contributed by atoms with Gasteiger partial charge in [-0.25, -0.2) is 0 Å². The van der Waals surface area contributed by atoms with E-state index in [9.17, 15) is 4.79 Å². The van der Waals surface area contributed by atoms with E-state index in [4.69, 9.17) is 34.1 Å². The van der Waals surface area contributed by atoms with Crippen LogP contribution < -0.4 is 0 Å². The first kappa shape index (κ1) is 20.5. The summed E-state index contributed by atoms with van der Waals surface area (Å²) in [7, 11) is 1.42. The molecule has 0 atom stereocenters. The molecule has 0 aromatic rings. The summed E-state index contributed by atoms with van der Waals surface area (Å²) in [5.74, 6) is -3.30. The second-order valence-electron chi connectivity index (χ2n) is 8.65. The Balaban J connectivity index is 1.52. The van der Waals surface area contributed by atoms with Gasteiger partial charge in [-0.3, -0.25) is 4.79 Å².